The van der Waals surface area contributed by atoms with Gasteiger partial charge in [0.05, 0.1) is 5.97 Å². The largest absolute Gasteiger partial charge is 0.547 e. The summed E-state index contributed by atoms with van der Waals surface area (Å²) >= 11 is 1.32. The van der Waals surface area contributed by atoms with Gasteiger partial charge in [-0.1, -0.05) is 0 Å². The fourth-order valence-corrected chi connectivity index (χ4v) is 3.10. The molecular formula is C7H8NO3S-. The number of nitrogens with zero attached hydrogens (tertiary/aromatic N) is 1. The number of carboxylic acids is 1. The summed E-state index contributed by atoms with van der Waals surface area (Å²) in [6, 6.07) is 0. The third kappa shape index (κ3) is 0.798. The first kappa shape index (κ1) is 7.91. The van der Waals surface area contributed by atoms with E-state index in [2.05, 4.69) is 0 Å². The molecule has 0 aliphatic carbocycles. The quantitative estimate of drug-likeness (QED) is 0.516. The van der Waals surface area contributed by atoms with E-state index in [0.29, 0.717) is 25.1 Å². The Balaban J connectivity index is 2.35. The Bertz CT molecular complexity index is 255. The van der Waals surface area contributed by atoms with E-state index < -0.39 is 10.8 Å². The third-order valence-electron chi connectivity index (χ3n) is 2.39. The van der Waals surface area contributed by atoms with Crippen LogP contribution >= 0.6 is 11.8 Å². The van der Waals surface area contributed by atoms with E-state index >= 15 is 0 Å². The Morgan fingerprint density at radius 1 is 1.67 bits per heavy atom. The lowest BCUT2D eigenvalue weighted by Crippen LogP contribution is -2.52. The molecule has 0 aromatic heterocycles. The van der Waals surface area contributed by atoms with Gasteiger partial charge in [-0.15, -0.1) is 11.8 Å². The zero-order chi connectivity index (χ0) is 8.77. The first-order chi connectivity index (χ1) is 5.67. The van der Waals surface area contributed by atoms with E-state index in [1.54, 1.807) is 0 Å². The van der Waals surface area contributed by atoms with Gasteiger partial charge >= 0.3 is 0 Å². The Kier molecular flexibility index (Phi) is 1.57. The van der Waals surface area contributed by atoms with Crippen molar-refractivity contribution in [3.05, 3.63) is 0 Å². The van der Waals surface area contributed by atoms with E-state index in [1.807, 2.05) is 0 Å². The Morgan fingerprint density at radius 2 is 2.42 bits per heavy atom. The van der Waals surface area contributed by atoms with Crippen molar-refractivity contribution in [3.63, 3.8) is 0 Å². The van der Waals surface area contributed by atoms with Gasteiger partial charge in [0.25, 0.3) is 0 Å². The number of fused-ring (bicyclic) bond motifs is 1. The predicted octanol–water partition coefficient (Wildman–Crippen LogP) is -1.20. The molecule has 0 N–H and O–H groups in total. The Labute approximate surface area is 73.9 Å². The molecule has 0 aromatic carbocycles. The van der Waals surface area contributed by atoms with Gasteiger partial charge in [0.15, 0.2) is 0 Å². The zero-order valence-electron chi connectivity index (χ0n) is 6.41. The van der Waals surface area contributed by atoms with Crippen molar-refractivity contribution < 1.29 is 14.7 Å². The highest BCUT2D eigenvalue weighted by atomic mass is 32.2. The summed E-state index contributed by atoms with van der Waals surface area (Å²) in [5.74, 6) is -0.459. The molecule has 4 nitrogen and oxygen atoms in total. The van der Waals surface area contributed by atoms with Gasteiger partial charge < -0.3 is 14.8 Å². The van der Waals surface area contributed by atoms with Crippen LogP contribution in [0.5, 0.6) is 0 Å². The van der Waals surface area contributed by atoms with Gasteiger partial charge in [-0.2, -0.15) is 0 Å². The summed E-state index contributed by atoms with van der Waals surface area (Å²) in [5, 5.41) is 10.8. The highest BCUT2D eigenvalue weighted by molar-refractivity contribution is 8.01. The standard InChI is InChI=1S/C7H9NO3S/c9-5-1-2-7(6(10)11)8(5)3-4-12-7/h1-4H2,(H,10,11)/p-1/t7-/m1/s1. The van der Waals surface area contributed by atoms with Crippen molar-refractivity contribution in [1.82, 2.24) is 4.90 Å². The minimum absolute atomic E-state index is 0.0517. The highest BCUT2D eigenvalue weighted by Crippen LogP contribution is 2.44. The molecule has 2 aliphatic rings. The number of amides is 1. The van der Waals surface area contributed by atoms with Crippen LogP contribution in [0.15, 0.2) is 0 Å². The summed E-state index contributed by atoms with van der Waals surface area (Å²) < 4.78 is 0. The molecule has 0 aromatic rings. The highest BCUT2D eigenvalue weighted by Gasteiger charge is 2.50. The SMILES string of the molecule is O=C1CC[C@]2(C(=O)[O-])SCCN12. The van der Waals surface area contributed by atoms with Crippen molar-refractivity contribution in [2.45, 2.75) is 17.7 Å². The molecule has 5 heteroatoms. The first-order valence-electron chi connectivity index (χ1n) is 3.83. The molecule has 1 amide bonds. The van der Waals surface area contributed by atoms with Gasteiger partial charge in [-0.05, 0) is 6.42 Å². The maximum absolute atomic E-state index is 11.2. The fraction of sp³-hybridized carbons (Fsp3) is 0.714. The molecule has 12 heavy (non-hydrogen) atoms. The maximum Gasteiger partial charge on any atom is 0.224 e. The van der Waals surface area contributed by atoms with Crippen LogP contribution in [0.2, 0.25) is 0 Å². The van der Waals surface area contributed by atoms with Crippen molar-refractivity contribution in [3.8, 4) is 0 Å². The topological polar surface area (TPSA) is 60.4 Å². The summed E-state index contributed by atoms with van der Waals surface area (Å²) in [4.78, 5) is 22.4. The average molecular weight is 186 g/mol. The average Bonchev–Trinajstić information content (AvgIpc) is 2.53. The molecule has 2 heterocycles. The number of carboxylic acid groups (broad SMARTS) is 1. The molecule has 66 valence electrons. The Hall–Kier alpha value is -0.710. The molecule has 2 rings (SSSR count). The molecule has 0 unspecified atom stereocenters. The molecule has 2 fully saturated rings. The molecule has 0 bridgehead atoms. The lowest BCUT2D eigenvalue weighted by Gasteiger charge is -2.31. The molecule has 1 atom stereocenters. The van der Waals surface area contributed by atoms with Crippen LogP contribution in [0.3, 0.4) is 0 Å². The van der Waals surface area contributed by atoms with E-state index in [0.717, 1.165) is 0 Å². The molecule has 0 saturated carbocycles. The van der Waals surface area contributed by atoms with Gasteiger partial charge in [0, 0.05) is 18.7 Å². The summed E-state index contributed by atoms with van der Waals surface area (Å²) in [6.45, 7) is 0.553. The van der Waals surface area contributed by atoms with Gasteiger partial charge in [0.1, 0.15) is 4.87 Å². The van der Waals surface area contributed by atoms with Crippen LogP contribution in [0, 0.1) is 0 Å². The number of hydrogen-bond acceptors (Lipinski definition) is 4. The van der Waals surface area contributed by atoms with E-state index in [-0.39, 0.29) is 5.91 Å². The van der Waals surface area contributed by atoms with Crippen LogP contribution < -0.4 is 5.11 Å². The lowest BCUT2D eigenvalue weighted by molar-refractivity contribution is -0.312. The molecule has 2 saturated heterocycles. The normalized spacial score (nSPS) is 34.0. The van der Waals surface area contributed by atoms with Crippen LogP contribution in [-0.2, 0) is 9.59 Å². The molecular weight excluding hydrogens is 178 g/mol. The van der Waals surface area contributed by atoms with Crippen molar-refractivity contribution in [2.24, 2.45) is 0 Å². The molecule has 0 spiro atoms. The second-order valence-electron chi connectivity index (χ2n) is 2.97. The van der Waals surface area contributed by atoms with E-state index in [4.69, 9.17) is 0 Å². The monoisotopic (exact) mass is 186 g/mol. The first-order valence-corrected chi connectivity index (χ1v) is 4.81. The van der Waals surface area contributed by atoms with Gasteiger partial charge in [-0.25, -0.2) is 0 Å². The number of carbonyl (C=O) groups is 2. The third-order valence-corrected chi connectivity index (χ3v) is 3.84. The van der Waals surface area contributed by atoms with Crippen molar-refractivity contribution in [2.75, 3.05) is 12.3 Å². The second kappa shape index (κ2) is 2.39. The number of hydrogen-bond donors (Lipinski definition) is 0. The minimum Gasteiger partial charge on any atom is -0.547 e. The van der Waals surface area contributed by atoms with E-state index in [1.165, 1.54) is 16.7 Å². The summed E-state index contributed by atoms with van der Waals surface area (Å²) in [5.41, 5.74) is 0. The van der Waals surface area contributed by atoms with Crippen LogP contribution in [0.1, 0.15) is 12.8 Å². The van der Waals surface area contributed by atoms with Crippen molar-refractivity contribution >= 4 is 23.6 Å². The van der Waals surface area contributed by atoms with Crippen molar-refractivity contribution in [1.29, 1.82) is 0 Å². The smallest absolute Gasteiger partial charge is 0.224 e. The zero-order valence-corrected chi connectivity index (χ0v) is 7.23. The summed E-state index contributed by atoms with van der Waals surface area (Å²) in [6.07, 6.45) is 0.750. The summed E-state index contributed by atoms with van der Waals surface area (Å²) in [7, 11) is 0. The number of aliphatic carboxylic acids is 1. The minimum atomic E-state index is -1.11. The lowest BCUT2D eigenvalue weighted by atomic mass is 10.2. The van der Waals surface area contributed by atoms with Gasteiger partial charge in [0.2, 0.25) is 5.91 Å². The number of carbonyl (C=O) groups excluding carboxylic acids is 2. The van der Waals surface area contributed by atoms with Crippen LogP contribution in [0.4, 0.5) is 0 Å². The second-order valence-corrected chi connectivity index (χ2v) is 4.34. The fourth-order valence-electron chi connectivity index (χ4n) is 1.78. The Morgan fingerprint density at radius 3 is 3.00 bits per heavy atom. The molecule has 0 radical (unpaired) electrons. The van der Waals surface area contributed by atoms with E-state index in [9.17, 15) is 14.7 Å². The van der Waals surface area contributed by atoms with Crippen LogP contribution in [0.25, 0.3) is 0 Å². The van der Waals surface area contributed by atoms with Crippen LogP contribution in [-0.4, -0.2) is 33.9 Å². The van der Waals surface area contributed by atoms with Gasteiger partial charge in [-0.3, -0.25) is 4.79 Å². The number of thioether (sulfide) groups is 1. The maximum atomic E-state index is 11.2. The number of rotatable bonds is 1. The predicted molar refractivity (Wildman–Crippen MR) is 41.1 cm³/mol. The molecule has 2 aliphatic heterocycles.